The number of hydrogen-bond donors (Lipinski definition) is 2. The number of hydrogen-bond acceptors (Lipinski definition) is 4. The molecule has 0 aliphatic carbocycles. The van der Waals surface area contributed by atoms with Gasteiger partial charge in [-0.05, 0) is 38.0 Å². The van der Waals surface area contributed by atoms with Crippen LogP contribution in [0.1, 0.15) is 29.1 Å². The molecule has 100 valence electrons. The molecule has 0 bridgehead atoms. The van der Waals surface area contributed by atoms with Crippen LogP contribution in [0.3, 0.4) is 0 Å². The Hall–Kier alpha value is -2.37. The summed E-state index contributed by atoms with van der Waals surface area (Å²) in [6, 6.07) is 3.52. The van der Waals surface area contributed by atoms with E-state index in [-0.39, 0.29) is 5.91 Å². The van der Waals surface area contributed by atoms with Gasteiger partial charge in [0.25, 0.3) is 0 Å². The maximum absolute atomic E-state index is 11.6. The van der Waals surface area contributed by atoms with E-state index >= 15 is 0 Å². The smallest absolute Gasteiger partial charge is 0.240 e. The highest BCUT2D eigenvalue weighted by Gasteiger charge is 2.08. The van der Waals surface area contributed by atoms with Crippen LogP contribution in [0.4, 0.5) is 0 Å². The van der Waals surface area contributed by atoms with Gasteiger partial charge in [0.1, 0.15) is 5.76 Å². The molecule has 2 N–H and O–H groups in total. The normalized spacial score (nSPS) is 11.1. The van der Waals surface area contributed by atoms with Crippen LogP contribution in [0.5, 0.6) is 0 Å². The van der Waals surface area contributed by atoms with Gasteiger partial charge >= 0.3 is 0 Å². The van der Waals surface area contributed by atoms with Gasteiger partial charge in [-0.3, -0.25) is 9.89 Å². The molecule has 2 aromatic rings. The molecule has 2 heterocycles. The summed E-state index contributed by atoms with van der Waals surface area (Å²) in [6.45, 7) is 3.87. The molecule has 19 heavy (non-hydrogen) atoms. The van der Waals surface area contributed by atoms with E-state index in [4.69, 9.17) is 4.42 Å². The van der Waals surface area contributed by atoms with Crippen molar-refractivity contribution in [1.29, 1.82) is 0 Å². The Labute approximate surface area is 110 Å². The lowest BCUT2D eigenvalue weighted by Gasteiger charge is -2.00. The Bertz CT molecular complexity index is 550. The van der Waals surface area contributed by atoms with Crippen LogP contribution >= 0.6 is 0 Å². The van der Waals surface area contributed by atoms with E-state index in [0.717, 1.165) is 17.0 Å². The standard InChI is InChI=1S/C13H16N4O2/c1-9-12(10(2)16-15-9)5-6-13(18)17-14-8-11-4-3-7-19-11/h3-4,7-8H,5-6H2,1-2H3,(H,15,16)(H,17,18)/b14-8-. The first-order chi connectivity index (χ1) is 9.16. The molecule has 2 rings (SSSR count). The van der Waals surface area contributed by atoms with Gasteiger partial charge in [-0.15, -0.1) is 0 Å². The van der Waals surface area contributed by atoms with Crippen molar-refractivity contribution < 1.29 is 9.21 Å². The summed E-state index contributed by atoms with van der Waals surface area (Å²) in [6.07, 6.45) is 4.03. The molecule has 0 fully saturated rings. The molecule has 0 aromatic carbocycles. The Morgan fingerprint density at radius 2 is 2.42 bits per heavy atom. The van der Waals surface area contributed by atoms with E-state index in [1.807, 2.05) is 13.8 Å². The van der Waals surface area contributed by atoms with Crippen LogP contribution in [0.15, 0.2) is 27.9 Å². The number of nitrogens with one attached hydrogen (secondary N) is 2. The van der Waals surface area contributed by atoms with Crippen molar-refractivity contribution in [3.63, 3.8) is 0 Å². The first-order valence-corrected chi connectivity index (χ1v) is 6.02. The average molecular weight is 260 g/mol. The van der Waals surface area contributed by atoms with Crippen molar-refractivity contribution in [3.8, 4) is 0 Å². The second-order valence-electron chi connectivity index (χ2n) is 4.22. The number of hydrazone groups is 1. The quantitative estimate of drug-likeness (QED) is 0.634. The van der Waals surface area contributed by atoms with Gasteiger partial charge in [0.15, 0.2) is 0 Å². The van der Waals surface area contributed by atoms with Crippen LogP contribution in [-0.2, 0) is 11.2 Å². The molecule has 0 radical (unpaired) electrons. The average Bonchev–Trinajstić information content (AvgIpc) is 2.99. The van der Waals surface area contributed by atoms with Crippen LogP contribution in [0, 0.1) is 13.8 Å². The van der Waals surface area contributed by atoms with E-state index in [1.165, 1.54) is 6.21 Å². The molecular weight excluding hydrogens is 244 g/mol. The van der Waals surface area contributed by atoms with Gasteiger partial charge in [0.2, 0.25) is 5.91 Å². The molecule has 6 heteroatoms. The first-order valence-electron chi connectivity index (χ1n) is 6.02. The summed E-state index contributed by atoms with van der Waals surface area (Å²) in [5.74, 6) is 0.463. The highest BCUT2D eigenvalue weighted by Crippen LogP contribution is 2.11. The number of aromatic nitrogens is 2. The SMILES string of the molecule is Cc1n[nH]c(C)c1CCC(=O)N/N=C\c1ccco1. The monoisotopic (exact) mass is 260 g/mol. The third-order valence-corrected chi connectivity index (χ3v) is 2.81. The van der Waals surface area contributed by atoms with E-state index in [9.17, 15) is 4.79 Å². The predicted octanol–water partition coefficient (Wildman–Crippen LogP) is 1.70. The van der Waals surface area contributed by atoms with Crippen LogP contribution < -0.4 is 5.43 Å². The van der Waals surface area contributed by atoms with Gasteiger partial charge in [-0.25, -0.2) is 5.43 Å². The number of carbonyl (C=O) groups excluding carboxylic acids is 1. The largest absolute Gasteiger partial charge is 0.463 e. The van der Waals surface area contributed by atoms with Crippen LogP contribution in [0.2, 0.25) is 0 Å². The summed E-state index contributed by atoms with van der Waals surface area (Å²) in [5, 5.41) is 10.8. The molecule has 6 nitrogen and oxygen atoms in total. The van der Waals surface area contributed by atoms with Crippen molar-refractivity contribution in [2.45, 2.75) is 26.7 Å². The maximum atomic E-state index is 11.6. The van der Waals surface area contributed by atoms with E-state index in [1.54, 1.807) is 18.4 Å². The van der Waals surface area contributed by atoms with Gasteiger partial charge < -0.3 is 4.42 Å². The first kappa shape index (κ1) is 13.1. The minimum Gasteiger partial charge on any atom is -0.463 e. The molecule has 0 unspecified atom stereocenters. The fraction of sp³-hybridized carbons (Fsp3) is 0.308. The number of carbonyl (C=O) groups is 1. The molecule has 0 saturated heterocycles. The number of aromatic amines is 1. The Morgan fingerprint density at radius 3 is 3.05 bits per heavy atom. The van der Waals surface area contributed by atoms with Gasteiger partial charge in [0.05, 0.1) is 18.2 Å². The van der Waals surface area contributed by atoms with Crippen molar-refractivity contribution in [2.75, 3.05) is 0 Å². The van der Waals surface area contributed by atoms with Gasteiger partial charge in [-0.2, -0.15) is 10.2 Å². The number of amides is 1. The molecule has 0 aliphatic rings. The topological polar surface area (TPSA) is 83.3 Å². The maximum Gasteiger partial charge on any atom is 0.240 e. The van der Waals surface area contributed by atoms with Gasteiger partial charge in [0, 0.05) is 12.1 Å². The fourth-order valence-electron chi connectivity index (χ4n) is 1.77. The number of H-pyrrole nitrogens is 1. The van der Waals surface area contributed by atoms with Crippen LogP contribution in [-0.4, -0.2) is 22.3 Å². The van der Waals surface area contributed by atoms with Crippen molar-refractivity contribution in [2.24, 2.45) is 5.10 Å². The van der Waals surface area contributed by atoms with Gasteiger partial charge in [-0.1, -0.05) is 0 Å². The Morgan fingerprint density at radius 1 is 1.58 bits per heavy atom. The third kappa shape index (κ3) is 3.54. The minimum atomic E-state index is -0.136. The van der Waals surface area contributed by atoms with E-state index in [2.05, 4.69) is 20.7 Å². The third-order valence-electron chi connectivity index (χ3n) is 2.81. The Kier molecular flexibility index (Phi) is 4.12. The number of aryl methyl sites for hydroxylation is 2. The lowest BCUT2D eigenvalue weighted by molar-refractivity contribution is -0.121. The summed E-state index contributed by atoms with van der Waals surface area (Å²) >= 11 is 0. The van der Waals surface area contributed by atoms with Crippen molar-refractivity contribution in [1.82, 2.24) is 15.6 Å². The van der Waals surface area contributed by atoms with Crippen LogP contribution in [0.25, 0.3) is 0 Å². The minimum absolute atomic E-state index is 0.136. The summed E-state index contributed by atoms with van der Waals surface area (Å²) in [4.78, 5) is 11.6. The zero-order chi connectivity index (χ0) is 13.7. The molecule has 0 spiro atoms. The fourth-order valence-corrected chi connectivity index (χ4v) is 1.77. The number of furan rings is 1. The molecule has 0 saturated carbocycles. The molecule has 1 amide bonds. The van der Waals surface area contributed by atoms with E-state index < -0.39 is 0 Å². The summed E-state index contributed by atoms with van der Waals surface area (Å²) in [5.41, 5.74) is 5.49. The molecule has 0 atom stereocenters. The predicted molar refractivity (Wildman–Crippen MR) is 70.8 cm³/mol. The van der Waals surface area contributed by atoms with Crippen molar-refractivity contribution in [3.05, 3.63) is 41.1 Å². The highest BCUT2D eigenvalue weighted by molar-refractivity contribution is 5.80. The summed E-state index contributed by atoms with van der Waals surface area (Å²) < 4.78 is 5.05. The number of rotatable bonds is 5. The lowest BCUT2D eigenvalue weighted by Crippen LogP contribution is -2.18. The Balaban J connectivity index is 1.79. The summed E-state index contributed by atoms with van der Waals surface area (Å²) in [7, 11) is 0. The second-order valence-corrected chi connectivity index (χ2v) is 4.22. The number of nitrogens with zero attached hydrogens (tertiary/aromatic N) is 2. The van der Waals surface area contributed by atoms with E-state index in [0.29, 0.717) is 18.6 Å². The highest BCUT2D eigenvalue weighted by atomic mass is 16.3. The second kappa shape index (κ2) is 5.99. The zero-order valence-electron chi connectivity index (χ0n) is 10.9. The molecule has 2 aromatic heterocycles. The molecular formula is C13H16N4O2. The lowest BCUT2D eigenvalue weighted by atomic mass is 10.1. The molecule has 0 aliphatic heterocycles. The zero-order valence-corrected chi connectivity index (χ0v) is 10.9. The van der Waals surface area contributed by atoms with Crippen molar-refractivity contribution >= 4 is 12.1 Å².